The first kappa shape index (κ1) is 14.9. The normalized spacial score (nSPS) is 16.2. The minimum absolute atomic E-state index is 0.0471. The Kier molecular flexibility index (Phi) is 4.34. The third-order valence-corrected chi connectivity index (χ3v) is 4.24. The molecule has 5 heteroatoms. The summed E-state index contributed by atoms with van der Waals surface area (Å²) in [4.78, 5) is 14.5. The number of carbonyl (C=O) groups is 1. The Labute approximate surface area is 129 Å². The van der Waals surface area contributed by atoms with Gasteiger partial charge in [-0.1, -0.05) is 12.1 Å². The van der Waals surface area contributed by atoms with E-state index in [0.29, 0.717) is 23.0 Å². The van der Waals surface area contributed by atoms with Crippen LogP contribution in [0, 0.1) is 5.92 Å². The molecular weight excluding hydrogens is 282 g/mol. The molecular formula is C17H21NO4. The number of fused-ring (bicyclic) bond motifs is 1. The van der Waals surface area contributed by atoms with Crippen molar-refractivity contribution in [1.82, 2.24) is 4.90 Å². The summed E-state index contributed by atoms with van der Waals surface area (Å²) < 4.78 is 16.2. The molecule has 0 aliphatic carbocycles. The van der Waals surface area contributed by atoms with Crippen molar-refractivity contribution in [1.29, 1.82) is 0 Å². The van der Waals surface area contributed by atoms with Crippen LogP contribution in [0.5, 0.6) is 5.75 Å². The van der Waals surface area contributed by atoms with E-state index in [-0.39, 0.29) is 5.91 Å². The molecule has 2 heterocycles. The molecule has 1 amide bonds. The Morgan fingerprint density at radius 1 is 1.32 bits per heavy atom. The van der Waals surface area contributed by atoms with Gasteiger partial charge >= 0.3 is 0 Å². The van der Waals surface area contributed by atoms with Crippen molar-refractivity contribution in [3.8, 4) is 5.75 Å². The third kappa shape index (κ3) is 2.81. The van der Waals surface area contributed by atoms with Gasteiger partial charge in [0.2, 0.25) is 0 Å². The summed E-state index contributed by atoms with van der Waals surface area (Å²) in [6.45, 7) is 2.27. The van der Waals surface area contributed by atoms with Gasteiger partial charge in [-0.15, -0.1) is 0 Å². The average molecular weight is 303 g/mol. The molecule has 1 aliphatic heterocycles. The van der Waals surface area contributed by atoms with E-state index in [1.807, 2.05) is 23.1 Å². The van der Waals surface area contributed by atoms with E-state index in [0.717, 1.165) is 37.9 Å². The van der Waals surface area contributed by atoms with Crippen LogP contribution < -0.4 is 4.74 Å². The van der Waals surface area contributed by atoms with Crippen LogP contribution >= 0.6 is 0 Å². The Bertz CT molecular complexity index is 656. The zero-order chi connectivity index (χ0) is 15.5. The number of piperidine rings is 1. The van der Waals surface area contributed by atoms with Crippen LogP contribution in [0.1, 0.15) is 23.4 Å². The molecule has 5 nitrogen and oxygen atoms in total. The van der Waals surface area contributed by atoms with Crippen LogP contribution in [0.3, 0.4) is 0 Å². The quantitative estimate of drug-likeness (QED) is 0.871. The smallest absolute Gasteiger partial charge is 0.289 e. The zero-order valence-electron chi connectivity index (χ0n) is 13.0. The number of rotatable bonds is 4. The molecule has 1 fully saturated rings. The maximum atomic E-state index is 12.6. The Morgan fingerprint density at radius 3 is 2.77 bits per heavy atom. The van der Waals surface area contributed by atoms with Gasteiger partial charge in [-0.05, 0) is 30.9 Å². The maximum absolute atomic E-state index is 12.6. The summed E-state index contributed by atoms with van der Waals surface area (Å²) in [5.41, 5.74) is 0.627. The number of ether oxygens (including phenoxy) is 2. The number of amides is 1. The van der Waals surface area contributed by atoms with Gasteiger partial charge in [0, 0.05) is 32.2 Å². The van der Waals surface area contributed by atoms with Gasteiger partial charge in [-0.3, -0.25) is 4.79 Å². The molecule has 3 rings (SSSR count). The van der Waals surface area contributed by atoms with E-state index in [9.17, 15) is 4.79 Å². The van der Waals surface area contributed by atoms with Gasteiger partial charge in [0.25, 0.3) is 5.91 Å². The van der Waals surface area contributed by atoms with Crippen molar-refractivity contribution in [2.24, 2.45) is 5.92 Å². The molecule has 1 saturated heterocycles. The number of furan rings is 1. The number of hydrogen-bond donors (Lipinski definition) is 0. The molecule has 0 unspecified atom stereocenters. The summed E-state index contributed by atoms with van der Waals surface area (Å²) in [6.07, 6.45) is 1.95. The fourth-order valence-corrected chi connectivity index (χ4v) is 3.00. The van der Waals surface area contributed by atoms with E-state index in [1.165, 1.54) is 0 Å². The molecule has 22 heavy (non-hydrogen) atoms. The van der Waals surface area contributed by atoms with Crippen molar-refractivity contribution < 1.29 is 18.7 Å². The monoisotopic (exact) mass is 303 g/mol. The van der Waals surface area contributed by atoms with Crippen LogP contribution in [0.25, 0.3) is 11.0 Å². The van der Waals surface area contributed by atoms with Crippen LogP contribution in [0.4, 0.5) is 0 Å². The lowest BCUT2D eigenvalue weighted by Crippen LogP contribution is -2.39. The Hall–Kier alpha value is -2.01. The van der Waals surface area contributed by atoms with E-state index in [4.69, 9.17) is 13.9 Å². The highest BCUT2D eigenvalue weighted by molar-refractivity contribution is 5.97. The lowest BCUT2D eigenvalue weighted by atomic mass is 9.97. The second-order valence-corrected chi connectivity index (χ2v) is 5.68. The van der Waals surface area contributed by atoms with Crippen molar-refractivity contribution in [2.75, 3.05) is 33.9 Å². The molecule has 118 valence electrons. The lowest BCUT2D eigenvalue weighted by molar-refractivity contribution is 0.0587. The molecule has 1 aromatic carbocycles. The highest BCUT2D eigenvalue weighted by atomic mass is 16.5. The number of likely N-dealkylation sites (tertiary alicyclic amines) is 1. The average Bonchev–Trinajstić information content (AvgIpc) is 2.99. The molecule has 0 spiro atoms. The van der Waals surface area contributed by atoms with Gasteiger partial charge in [-0.2, -0.15) is 0 Å². The highest BCUT2D eigenvalue weighted by Gasteiger charge is 2.26. The van der Waals surface area contributed by atoms with Gasteiger partial charge in [0.1, 0.15) is 0 Å². The fraction of sp³-hybridized carbons (Fsp3) is 0.471. The van der Waals surface area contributed by atoms with E-state index in [2.05, 4.69) is 0 Å². The van der Waals surface area contributed by atoms with Gasteiger partial charge < -0.3 is 18.8 Å². The third-order valence-electron chi connectivity index (χ3n) is 4.24. The van der Waals surface area contributed by atoms with Gasteiger partial charge in [0.15, 0.2) is 17.1 Å². The number of methoxy groups -OCH3 is 2. The Balaban J connectivity index is 1.76. The van der Waals surface area contributed by atoms with Gasteiger partial charge in [0.05, 0.1) is 7.11 Å². The molecule has 1 aromatic heterocycles. The minimum Gasteiger partial charge on any atom is -0.493 e. The summed E-state index contributed by atoms with van der Waals surface area (Å²) >= 11 is 0. The van der Waals surface area contributed by atoms with E-state index in [1.54, 1.807) is 20.3 Å². The maximum Gasteiger partial charge on any atom is 0.289 e. The predicted molar refractivity (Wildman–Crippen MR) is 83.3 cm³/mol. The van der Waals surface area contributed by atoms with E-state index >= 15 is 0 Å². The second kappa shape index (κ2) is 6.40. The summed E-state index contributed by atoms with van der Waals surface area (Å²) in [5, 5.41) is 0.886. The van der Waals surface area contributed by atoms with E-state index < -0.39 is 0 Å². The van der Waals surface area contributed by atoms with Crippen LogP contribution in [-0.4, -0.2) is 44.7 Å². The lowest BCUT2D eigenvalue weighted by Gasteiger charge is -2.31. The standard InChI is InChI=1S/C17H21NO4/c1-20-11-12-6-8-18(9-7-12)17(19)15-10-13-4-3-5-14(21-2)16(13)22-15/h3-5,10,12H,6-9,11H2,1-2H3. The number of para-hydroxylation sites is 1. The van der Waals surface area contributed by atoms with Crippen molar-refractivity contribution in [2.45, 2.75) is 12.8 Å². The second-order valence-electron chi connectivity index (χ2n) is 5.68. The summed E-state index contributed by atoms with van der Waals surface area (Å²) in [7, 11) is 3.32. The first-order chi connectivity index (χ1) is 10.7. The van der Waals surface area contributed by atoms with Crippen LogP contribution in [0.15, 0.2) is 28.7 Å². The first-order valence-corrected chi connectivity index (χ1v) is 7.57. The van der Waals surface area contributed by atoms with Crippen molar-refractivity contribution >= 4 is 16.9 Å². The molecule has 0 radical (unpaired) electrons. The Morgan fingerprint density at radius 2 is 2.09 bits per heavy atom. The van der Waals surface area contributed by atoms with Gasteiger partial charge in [-0.25, -0.2) is 0 Å². The van der Waals surface area contributed by atoms with Crippen molar-refractivity contribution in [3.63, 3.8) is 0 Å². The molecule has 1 aliphatic rings. The predicted octanol–water partition coefficient (Wildman–Crippen LogP) is 2.94. The molecule has 0 bridgehead atoms. The number of hydrogen-bond acceptors (Lipinski definition) is 4. The largest absolute Gasteiger partial charge is 0.493 e. The fourth-order valence-electron chi connectivity index (χ4n) is 3.00. The summed E-state index contributed by atoms with van der Waals surface area (Å²) in [6, 6.07) is 7.43. The molecule has 0 saturated carbocycles. The highest BCUT2D eigenvalue weighted by Crippen LogP contribution is 2.29. The molecule has 0 atom stereocenters. The SMILES string of the molecule is COCC1CCN(C(=O)c2cc3cccc(OC)c3o2)CC1. The van der Waals surface area contributed by atoms with Crippen LogP contribution in [0.2, 0.25) is 0 Å². The van der Waals surface area contributed by atoms with Crippen LogP contribution in [-0.2, 0) is 4.74 Å². The topological polar surface area (TPSA) is 51.9 Å². The number of nitrogens with zero attached hydrogens (tertiary/aromatic N) is 1. The molecule has 2 aromatic rings. The number of benzene rings is 1. The molecule has 0 N–H and O–H groups in total. The summed E-state index contributed by atoms with van der Waals surface area (Å²) in [5.74, 6) is 1.53. The zero-order valence-corrected chi connectivity index (χ0v) is 13.0. The van der Waals surface area contributed by atoms with Crippen molar-refractivity contribution in [3.05, 3.63) is 30.0 Å². The number of carbonyl (C=O) groups excluding carboxylic acids is 1. The minimum atomic E-state index is -0.0471. The first-order valence-electron chi connectivity index (χ1n) is 7.57.